The molecule has 22 heavy (non-hydrogen) atoms. The van der Waals surface area contributed by atoms with E-state index in [2.05, 4.69) is 36.4 Å². The van der Waals surface area contributed by atoms with Gasteiger partial charge in [0.1, 0.15) is 12.4 Å². The van der Waals surface area contributed by atoms with E-state index in [1.807, 2.05) is 60.7 Å². The Kier molecular flexibility index (Phi) is 4.68. The lowest BCUT2D eigenvalue weighted by atomic mass is 10.1. The Balaban J connectivity index is 1.74. The average molecular weight is 285 g/mol. The third kappa shape index (κ3) is 3.86. The average Bonchev–Trinajstić information content (AvgIpc) is 2.61. The first-order valence-corrected chi connectivity index (χ1v) is 7.32. The van der Waals surface area contributed by atoms with Gasteiger partial charge in [0.05, 0.1) is 0 Å². The first-order valence-electron chi connectivity index (χ1n) is 7.32. The molecule has 3 aromatic carbocycles. The first-order chi connectivity index (χ1) is 10.9. The molecule has 0 atom stereocenters. The van der Waals surface area contributed by atoms with Crippen LogP contribution in [-0.2, 0) is 6.61 Å². The standard InChI is InChI=1S/C21H17O/c1-3-9-18(10-4-1)15-16-20-13-7-8-14-21(20)22-17-19-11-5-2-6-12-19/h2-16H,17H2. The molecule has 0 heterocycles. The van der Waals surface area contributed by atoms with Gasteiger partial charge in [0.25, 0.3) is 0 Å². The second-order valence-electron chi connectivity index (χ2n) is 4.98. The molecule has 0 spiro atoms. The van der Waals surface area contributed by atoms with E-state index < -0.39 is 0 Å². The Hall–Kier alpha value is -2.80. The van der Waals surface area contributed by atoms with E-state index in [0.717, 1.165) is 16.9 Å². The van der Waals surface area contributed by atoms with Crippen LogP contribution in [0.4, 0.5) is 0 Å². The van der Waals surface area contributed by atoms with E-state index in [4.69, 9.17) is 4.74 Å². The Morgan fingerprint density at radius 2 is 1.50 bits per heavy atom. The number of hydrogen-bond donors (Lipinski definition) is 0. The smallest absolute Gasteiger partial charge is 0.127 e. The Labute approximate surface area is 131 Å². The molecule has 0 fully saturated rings. The number of hydrogen-bond acceptors (Lipinski definition) is 1. The molecule has 1 nitrogen and oxygen atoms in total. The minimum atomic E-state index is 0.575. The highest BCUT2D eigenvalue weighted by Gasteiger charge is 2.00. The molecule has 0 aliphatic heterocycles. The van der Waals surface area contributed by atoms with Crippen molar-refractivity contribution in [3.63, 3.8) is 0 Å². The lowest BCUT2D eigenvalue weighted by molar-refractivity contribution is 0.305. The maximum atomic E-state index is 5.95. The molecular weight excluding hydrogens is 268 g/mol. The van der Waals surface area contributed by atoms with Crippen molar-refractivity contribution in [3.05, 3.63) is 102 Å². The summed E-state index contributed by atoms with van der Waals surface area (Å²) in [5.74, 6) is 0.894. The van der Waals surface area contributed by atoms with Gasteiger partial charge in [0, 0.05) is 5.56 Å². The highest BCUT2D eigenvalue weighted by atomic mass is 16.5. The summed E-state index contributed by atoms with van der Waals surface area (Å²) in [5, 5.41) is 0. The van der Waals surface area contributed by atoms with Gasteiger partial charge in [0.15, 0.2) is 0 Å². The van der Waals surface area contributed by atoms with Crippen LogP contribution in [0.15, 0.2) is 78.9 Å². The molecule has 1 heteroatoms. The lowest BCUT2D eigenvalue weighted by Crippen LogP contribution is -1.96. The first kappa shape index (κ1) is 14.2. The van der Waals surface area contributed by atoms with E-state index in [1.165, 1.54) is 5.56 Å². The van der Waals surface area contributed by atoms with Crippen LogP contribution in [0.5, 0.6) is 5.75 Å². The molecule has 0 saturated heterocycles. The maximum absolute atomic E-state index is 5.95. The number of para-hydroxylation sites is 1. The van der Waals surface area contributed by atoms with Gasteiger partial charge >= 0.3 is 0 Å². The van der Waals surface area contributed by atoms with Gasteiger partial charge in [-0.1, -0.05) is 84.9 Å². The van der Waals surface area contributed by atoms with Crippen molar-refractivity contribution in [3.8, 4) is 5.75 Å². The van der Waals surface area contributed by atoms with Crippen LogP contribution < -0.4 is 4.74 Å². The molecule has 0 bridgehead atoms. The number of benzene rings is 3. The molecule has 1 radical (unpaired) electrons. The summed E-state index contributed by atoms with van der Waals surface area (Å²) in [6.07, 6.45) is 4.16. The molecule has 0 aliphatic rings. The van der Waals surface area contributed by atoms with E-state index >= 15 is 0 Å². The monoisotopic (exact) mass is 285 g/mol. The lowest BCUT2D eigenvalue weighted by Gasteiger charge is -2.09. The summed E-state index contributed by atoms with van der Waals surface area (Å²) in [4.78, 5) is 0. The van der Waals surface area contributed by atoms with Crippen molar-refractivity contribution in [1.29, 1.82) is 0 Å². The topological polar surface area (TPSA) is 9.23 Å². The van der Waals surface area contributed by atoms with E-state index in [1.54, 1.807) is 0 Å². The van der Waals surface area contributed by atoms with Crippen molar-refractivity contribution < 1.29 is 4.74 Å². The van der Waals surface area contributed by atoms with Crippen LogP contribution in [0.1, 0.15) is 16.7 Å². The van der Waals surface area contributed by atoms with E-state index in [-0.39, 0.29) is 0 Å². The molecule has 3 aromatic rings. The summed E-state index contributed by atoms with van der Waals surface area (Å²) < 4.78 is 5.95. The maximum Gasteiger partial charge on any atom is 0.127 e. The minimum Gasteiger partial charge on any atom is -0.488 e. The third-order valence-electron chi connectivity index (χ3n) is 3.36. The fraction of sp³-hybridized carbons (Fsp3) is 0.0476. The van der Waals surface area contributed by atoms with Gasteiger partial charge in [-0.3, -0.25) is 0 Å². The minimum absolute atomic E-state index is 0.575. The SMILES string of the molecule is [c]1ccc(C=Cc2ccccc2OCc2ccccc2)cc1. The quantitative estimate of drug-likeness (QED) is 0.583. The predicted octanol–water partition coefficient (Wildman–Crippen LogP) is 5.24. The summed E-state index contributed by atoms with van der Waals surface area (Å²) in [7, 11) is 0. The molecule has 3 rings (SSSR count). The molecule has 0 aliphatic carbocycles. The van der Waals surface area contributed by atoms with Crippen LogP contribution in [0.25, 0.3) is 12.2 Å². The summed E-state index contributed by atoms with van der Waals surface area (Å²) in [6.45, 7) is 0.575. The van der Waals surface area contributed by atoms with Gasteiger partial charge in [-0.05, 0) is 23.3 Å². The van der Waals surface area contributed by atoms with Crippen molar-refractivity contribution in [2.45, 2.75) is 6.61 Å². The van der Waals surface area contributed by atoms with Crippen LogP contribution >= 0.6 is 0 Å². The zero-order valence-electron chi connectivity index (χ0n) is 12.3. The van der Waals surface area contributed by atoms with Crippen molar-refractivity contribution in [2.24, 2.45) is 0 Å². The van der Waals surface area contributed by atoms with Crippen LogP contribution in [0.2, 0.25) is 0 Å². The van der Waals surface area contributed by atoms with Crippen molar-refractivity contribution >= 4 is 12.2 Å². The molecule has 107 valence electrons. The van der Waals surface area contributed by atoms with Crippen LogP contribution in [-0.4, -0.2) is 0 Å². The summed E-state index contributed by atoms with van der Waals surface area (Å²) in [5.41, 5.74) is 3.39. The third-order valence-corrected chi connectivity index (χ3v) is 3.36. The van der Waals surface area contributed by atoms with Gasteiger partial charge in [-0.15, -0.1) is 0 Å². The van der Waals surface area contributed by atoms with Gasteiger partial charge in [-0.25, -0.2) is 0 Å². The second-order valence-corrected chi connectivity index (χ2v) is 4.98. The zero-order valence-corrected chi connectivity index (χ0v) is 12.3. The Bertz CT molecular complexity index is 730. The largest absolute Gasteiger partial charge is 0.488 e. The van der Waals surface area contributed by atoms with Gasteiger partial charge in [0.2, 0.25) is 0 Å². The van der Waals surface area contributed by atoms with Crippen molar-refractivity contribution in [2.75, 3.05) is 0 Å². The van der Waals surface area contributed by atoms with Gasteiger partial charge < -0.3 is 4.74 Å². The highest BCUT2D eigenvalue weighted by Crippen LogP contribution is 2.21. The summed E-state index contributed by atoms with van der Waals surface area (Å²) in [6, 6.07) is 29.2. The van der Waals surface area contributed by atoms with Crippen molar-refractivity contribution in [1.82, 2.24) is 0 Å². The number of ether oxygens (including phenoxy) is 1. The predicted molar refractivity (Wildman–Crippen MR) is 91.4 cm³/mol. The molecule has 0 amide bonds. The molecule has 0 aromatic heterocycles. The Morgan fingerprint density at radius 3 is 2.32 bits per heavy atom. The van der Waals surface area contributed by atoms with E-state index in [0.29, 0.717) is 6.61 Å². The molecular formula is C21H17O. The second kappa shape index (κ2) is 7.28. The fourth-order valence-electron chi connectivity index (χ4n) is 2.18. The number of rotatable bonds is 5. The Morgan fingerprint density at radius 1 is 0.773 bits per heavy atom. The fourth-order valence-corrected chi connectivity index (χ4v) is 2.18. The summed E-state index contributed by atoms with van der Waals surface area (Å²) >= 11 is 0. The molecule has 0 saturated carbocycles. The van der Waals surface area contributed by atoms with Crippen LogP contribution in [0.3, 0.4) is 0 Å². The molecule has 0 N–H and O–H groups in total. The van der Waals surface area contributed by atoms with E-state index in [9.17, 15) is 0 Å². The van der Waals surface area contributed by atoms with Crippen LogP contribution in [0, 0.1) is 6.07 Å². The van der Waals surface area contributed by atoms with Gasteiger partial charge in [-0.2, -0.15) is 0 Å². The highest BCUT2D eigenvalue weighted by molar-refractivity contribution is 5.72. The zero-order chi connectivity index (χ0) is 15.0. The normalized spacial score (nSPS) is 10.7. The molecule has 0 unspecified atom stereocenters.